The summed E-state index contributed by atoms with van der Waals surface area (Å²) < 4.78 is 0. The van der Waals surface area contributed by atoms with Gasteiger partial charge < -0.3 is 20.2 Å². The van der Waals surface area contributed by atoms with Crippen molar-refractivity contribution < 1.29 is 14.7 Å². The van der Waals surface area contributed by atoms with Gasteiger partial charge in [0, 0.05) is 55.7 Å². The number of likely N-dealkylation sites (tertiary alicyclic amines) is 1. The van der Waals surface area contributed by atoms with Crippen LogP contribution < -0.4 is 10.2 Å². The largest absolute Gasteiger partial charge is 0.506 e. The molecule has 2 saturated heterocycles. The van der Waals surface area contributed by atoms with E-state index in [0.29, 0.717) is 35.9 Å². The van der Waals surface area contributed by atoms with Crippen LogP contribution in [-0.4, -0.2) is 72.6 Å². The zero-order chi connectivity index (χ0) is 23.4. The molecule has 174 valence electrons. The number of aromatic hydroxyl groups is 1. The fourth-order valence-corrected chi connectivity index (χ4v) is 4.70. The topological polar surface area (TPSA) is 76.1 Å². The minimum Gasteiger partial charge on any atom is -0.506 e. The van der Waals surface area contributed by atoms with Gasteiger partial charge in [-0.1, -0.05) is 29.3 Å². The van der Waals surface area contributed by atoms with Crippen LogP contribution in [-0.2, 0) is 9.59 Å². The third kappa shape index (κ3) is 5.81. The van der Waals surface area contributed by atoms with Crippen molar-refractivity contribution >= 4 is 46.4 Å². The third-order valence-corrected chi connectivity index (χ3v) is 6.72. The van der Waals surface area contributed by atoms with E-state index in [0.717, 1.165) is 38.4 Å². The van der Waals surface area contributed by atoms with E-state index in [1.807, 2.05) is 24.3 Å². The summed E-state index contributed by atoms with van der Waals surface area (Å²) >= 11 is 12.0. The van der Waals surface area contributed by atoms with E-state index < -0.39 is 0 Å². The lowest BCUT2D eigenvalue weighted by Crippen LogP contribution is -2.47. The van der Waals surface area contributed by atoms with Crippen LogP contribution in [0.1, 0.15) is 6.42 Å². The number of hydrogen-bond acceptors (Lipinski definition) is 6. The Kier molecular flexibility index (Phi) is 7.46. The molecule has 4 rings (SSSR count). The minimum absolute atomic E-state index is 0.0247. The number of phenols is 1. The van der Waals surface area contributed by atoms with E-state index in [4.69, 9.17) is 23.2 Å². The van der Waals surface area contributed by atoms with Gasteiger partial charge in [0.2, 0.25) is 5.91 Å². The van der Waals surface area contributed by atoms with Gasteiger partial charge in [-0.05, 0) is 49.4 Å². The van der Waals surface area contributed by atoms with Crippen molar-refractivity contribution in [1.82, 2.24) is 9.80 Å². The summed E-state index contributed by atoms with van der Waals surface area (Å²) in [6, 6.07) is 12.4. The summed E-state index contributed by atoms with van der Waals surface area (Å²) in [5.74, 6) is 1.84. The van der Waals surface area contributed by atoms with Crippen LogP contribution in [0.15, 0.2) is 48.2 Å². The number of carbonyl (C=O) groups excluding carboxylic acids is 2. The van der Waals surface area contributed by atoms with Crippen molar-refractivity contribution in [2.45, 2.75) is 6.42 Å². The van der Waals surface area contributed by atoms with Crippen LogP contribution in [0, 0.1) is 5.92 Å². The first-order valence-corrected chi connectivity index (χ1v) is 11.7. The maximum atomic E-state index is 12.7. The van der Waals surface area contributed by atoms with Crippen molar-refractivity contribution in [2.24, 2.45) is 5.92 Å². The predicted octanol–water partition coefficient (Wildman–Crippen LogP) is 3.50. The Balaban J connectivity index is 1.27. The molecule has 0 radical (unpaired) electrons. The number of piperazine rings is 1. The zero-order valence-electron chi connectivity index (χ0n) is 18.1. The Labute approximate surface area is 203 Å². The molecule has 33 heavy (non-hydrogen) atoms. The SMILES string of the molecule is O=C=C(CN1CCC(C(=O)Nc2ccc(O)c(Cl)c2)C1)N1CCN(c2cccc(Cl)c2)CC1. The van der Waals surface area contributed by atoms with E-state index in [1.54, 1.807) is 6.07 Å². The second-order valence-electron chi connectivity index (χ2n) is 8.38. The van der Waals surface area contributed by atoms with Crippen LogP contribution in [0.5, 0.6) is 5.75 Å². The molecule has 9 heteroatoms. The number of phenolic OH excluding ortho intramolecular Hbond substituents is 1. The molecule has 0 aliphatic carbocycles. The monoisotopic (exact) mass is 488 g/mol. The first-order chi connectivity index (χ1) is 15.9. The highest BCUT2D eigenvalue weighted by Gasteiger charge is 2.30. The first-order valence-electron chi connectivity index (χ1n) is 10.9. The number of hydrogen-bond donors (Lipinski definition) is 2. The minimum atomic E-state index is -0.176. The number of anilines is 2. The number of amides is 1. The second kappa shape index (κ2) is 10.5. The summed E-state index contributed by atoms with van der Waals surface area (Å²) in [4.78, 5) is 30.9. The van der Waals surface area contributed by atoms with Gasteiger partial charge in [0.15, 0.2) is 0 Å². The maximum Gasteiger partial charge on any atom is 0.228 e. The molecule has 7 nitrogen and oxygen atoms in total. The van der Waals surface area contributed by atoms with Crippen LogP contribution in [0.4, 0.5) is 11.4 Å². The Morgan fingerprint density at radius 1 is 1.09 bits per heavy atom. The number of halogens is 2. The first kappa shape index (κ1) is 23.5. The maximum absolute atomic E-state index is 12.7. The quantitative estimate of drug-likeness (QED) is 0.478. The van der Waals surface area contributed by atoms with Gasteiger partial charge in [0.25, 0.3) is 0 Å². The Hall–Kier alpha value is -2.70. The molecule has 0 saturated carbocycles. The molecule has 1 unspecified atom stereocenters. The van der Waals surface area contributed by atoms with Gasteiger partial charge in [-0.15, -0.1) is 0 Å². The summed E-state index contributed by atoms with van der Waals surface area (Å²) in [7, 11) is 0. The van der Waals surface area contributed by atoms with Crippen molar-refractivity contribution in [2.75, 3.05) is 56.0 Å². The lowest BCUT2D eigenvalue weighted by atomic mass is 10.1. The van der Waals surface area contributed by atoms with Gasteiger partial charge in [-0.25, -0.2) is 4.79 Å². The van der Waals surface area contributed by atoms with Gasteiger partial charge in [-0.2, -0.15) is 0 Å². The highest BCUT2D eigenvalue weighted by Crippen LogP contribution is 2.27. The fraction of sp³-hybridized carbons (Fsp3) is 0.375. The number of benzene rings is 2. The zero-order valence-corrected chi connectivity index (χ0v) is 19.6. The van der Waals surface area contributed by atoms with Gasteiger partial charge in [0.05, 0.1) is 10.9 Å². The van der Waals surface area contributed by atoms with E-state index in [-0.39, 0.29) is 22.6 Å². The summed E-state index contributed by atoms with van der Waals surface area (Å²) in [5.41, 5.74) is 2.27. The molecule has 0 aromatic heterocycles. The highest BCUT2D eigenvalue weighted by atomic mass is 35.5. The van der Waals surface area contributed by atoms with E-state index >= 15 is 0 Å². The lowest BCUT2D eigenvalue weighted by molar-refractivity contribution is -0.119. The smallest absolute Gasteiger partial charge is 0.228 e. The molecule has 1 amide bonds. The van der Waals surface area contributed by atoms with Gasteiger partial charge in [-0.3, -0.25) is 9.69 Å². The van der Waals surface area contributed by atoms with E-state index in [1.165, 1.54) is 12.1 Å². The molecule has 2 fully saturated rings. The number of carbonyl (C=O) groups is 1. The van der Waals surface area contributed by atoms with Gasteiger partial charge >= 0.3 is 0 Å². The highest BCUT2D eigenvalue weighted by molar-refractivity contribution is 6.32. The van der Waals surface area contributed by atoms with E-state index in [2.05, 4.69) is 26.0 Å². The predicted molar refractivity (Wildman–Crippen MR) is 131 cm³/mol. The van der Waals surface area contributed by atoms with Crippen LogP contribution >= 0.6 is 23.2 Å². The molecule has 2 aliphatic heterocycles. The average Bonchev–Trinajstić information content (AvgIpc) is 3.29. The molecular formula is C24H26Cl2N4O3. The van der Waals surface area contributed by atoms with E-state index in [9.17, 15) is 14.7 Å². The van der Waals surface area contributed by atoms with Crippen LogP contribution in [0.3, 0.4) is 0 Å². The summed E-state index contributed by atoms with van der Waals surface area (Å²) in [6.45, 7) is 4.85. The van der Waals surface area contributed by atoms with Crippen LogP contribution in [0.2, 0.25) is 10.0 Å². The normalized spacial score (nSPS) is 18.8. The van der Waals surface area contributed by atoms with Crippen LogP contribution in [0.25, 0.3) is 0 Å². The lowest BCUT2D eigenvalue weighted by Gasteiger charge is -2.38. The Morgan fingerprint density at radius 3 is 2.58 bits per heavy atom. The fourth-order valence-electron chi connectivity index (χ4n) is 4.34. The average molecular weight is 489 g/mol. The molecule has 2 aliphatic rings. The molecular weight excluding hydrogens is 463 g/mol. The molecule has 0 bridgehead atoms. The van der Waals surface area contributed by atoms with Gasteiger partial charge in [0.1, 0.15) is 17.4 Å². The number of nitrogens with zero attached hydrogens (tertiary/aromatic N) is 3. The second-order valence-corrected chi connectivity index (χ2v) is 9.22. The van der Waals surface area contributed by atoms with Crippen molar-refractivity contribution in [3.63, 3.8) is 0 Å². The number of rotatable bonds is 6. The summed E-state index contributed by atoms with van der Waals surface area (Å²) in [6.07, 6.45) is 0.715. The standard InChI is InChI=1S/C24H26Cl2N4O3/c25-18-2-1-3-20(12-18)29-8-10-30(11-9-29)21(16-31)15-28-7-6-17(14-28)24(33)27-19-4-5-23(32)22(26)13-19/h1-5,12-13,17,32H,6-11,14-15H2,(H,27,33). The molecule has 0 spiro atoms. The molecule has 1 atom stereocenters. The molecule has 2 aromatic rings. The molecule has 2 aromatic carbocycles. The Morgan fingerprint density at radius 2 is 1.88 bits per heavy atom. The van der Waals surface area contributed by atoms with Crippen molar-refractivity contribution in [1.29, 1.82) is 0 Å². The molecule has 2 N–H and O–H groups in total. The number of nitrogens with one attached hydrogen (secondary N) is 1. The molecule has 2 heterocycles. The summed E-state index contributed by atoms with van der Waals surface area (Å²) in [5, 5.41) is 13.3. The van der Waals surface area contributed by atoms with Crippen molar-refractivity contribution in [3.05, 3.63) is 58.2 Å². The Bertz CT molecular complexity index is 1070. The third-order valence-electron chi connectivity index (χ3n) is 6.18. The van der Waals surface area contributed by atoms with Crippen molar-refractivity contribution in [3.8, 4) is 5.75 Å².